The predicted octanol–water partition coefficient (Wildman–Crippen LogP) is 2.99. The molecule has 1 aliphatic carbocycles. The average Bonchev–Trinajstić information content (AvgIpc) is 2.66. The number of carbonyl (C=O) groups is 2. The summed E-state index contributed by atoms with van der Waals surface area (Å²) in [7, 11) is 1.96. The van der Waals surface area contributed by atoms with Gasteiger partial charge in [0.15, 0.2) is 5.78 Å². The SMILES string of the molecule is CNCC1CCCN(C(=O)CCC(=O)c2ccc3c(c2)CCCC3)C1. The third kappa shape index (κ3) is 4.69. The van der Waals surface area contributed by atoms with Gasteiger partial charge in [-0.05, 0) is 75.2 Å². The lowest BCUT2D eigenvalue weighted by Gasteiger charge is -2.32. The monoisotopic (exact) mass is 342 g/mol. The van der Waals surface area contributed by atoms with Crippen LogP contribution in [0.3, 0.4) is 0 Å². The number of nitrogens with zero attached hydrogens (tertiary/aromatic N) is 1. The zero-order chi connectivity index (χ0) is 17.6. The number of Topliss-reactive ketones (excluding diaryl/α,β-unsaturated/α-hetero) is 1. The van der Waals surface area contributed by atoms with Crippen LogP contribution in [-0.4, -0.2) is 43.3 Å². The maximum absolute atomic E-state index is 12.5. The van der Waals surface area contributed by atoms with Gasteiger partial charge in [-0.3, -0.25) is 9.59 Å². The summed E-state index contributed by atoms with van der Waals surface area (Å²) >= 11 is 0. The van der Waals surface area contributed by atoms with Crippen molar-refractivity contribution in [2.45, 2.75) is 51.4 Å². The lowest BCUT2D eigenvalue weighted by molar-refractivity contribution is -0.132. The van der Waals surface area contributed by atoms with E-state index in [0.717, 1.165) is 44.5 Å². The minimum atomic E-state index is 0.102. The van der Waals surface area contributed by atoms with E-state index >= 15 is 0 Å². The lowest BCUT2D eigenvalue weighted by atomic mass is 9.89. The highest BCUT2D eigenvalue weighted by atomic mass is 16.2. The van der Waals surface area contributed by atoms with Crippen molar-refractivity contribution in [2.75, 3.05) is 26.7 Å². The number of likely N-dealkylation sites (tertiary alicyclic amines) is 1. The molecule has 1 fully saturated rings. The van der Waals surface area contributed by atoms with E-state index in [-0.39, 0.29) is 11.7 Å². The summed E-state index contributed by atoms with van der Waals surface area (Å²) in [6.07, 6.45) is 7.58. The summed E-state index contributed by atoms with van der Waals surface area (Å²) in [6, 6.07) is 6.11. The average molecular weight is 342 g/mol. The van der Waals surface area contributed by atoms with Crippen LogP contribution in [0.1, 0.15) is 60.0 Å². The topological polar surface area (TPSA) is 49.4 Å². The Morgan fingerprint density at radius 1 is 1.12 bits per heavy atom. The summed E-state index contributed by atoms with van der Waals surface area (Å²) in [5.74, 6) is 0.775. The van der Waals surface area contributed by atoms with Gasteiger partial charge in [0, 0.05) is 31.5 Å². The smallest absolute Gasteiger partial charge is 0.223 e. The van der Waals surface area contributed by atoms with Gasteiger partial charge in [0.25, 0.3) is 0 Å². The van der Waals surface area contributed by atoms with Crippen molar-refractivity contribution in [1.82, 2.24) is 10.2 Å². The molecule has 136 valence electrons. The second-order valence-electron chi connectivity index (χ2n) is 7.52. The minimum absolute atomic E-state index is 0.102. The molecule has 1 unspecified atom stereocenters. The van der Waals surface area contributed by atoms with Crippen LogP contribution >= 0.6 is 0 Å². The largest absolute Gasteiger partial charge is 0.342 e. The number of aryl methyl sites for hydroxylation is 2. The number of hydrogen-bond acceptors (Lipinski definition) is 3. The first kappa shape index (κ1) is 18.1. The zero-order valence-corrected chi connectivity index (χ0v) is 15.4. The maximum atomic E-state index is 12.5. The highest BCUT2D eigenvalue weighted by Gasteiger charge is 2.23. The van der Waals surface area contributed by atoms with Gasteiger partial charge in [0.1, 0.15) is 0 Å². The summed E-state index contributed by atoms with van der Waals surface area (Å²) in [5.41, 5.74) is 3.50. The molecular weight excluding hydrogens is 312 g/mol. The first-order chi connectivity index (χ1) is 12.2. The molecule has 1 amide bonds. The molecule has 0 spiro atoms. The third-order valence-electron chi connectivity index (χ3n) is 5.60. The van der Waals surface area contributed by atoms with Crippen LogP contribution in [-0.2, 0) is 17.6 Å². The Morgan fingerprint density at radius 3 is 2.72 bits per heavy atom. The van der Waals surface area contributed by atoms with Crippen molar-refractivity contribution in [3.63, 3.8) is 0 Å². The summed E-state index contributed by atoms with van der Waals surface area (Å²) < 4.78 is 0. The van der Waals surface area contributed by atoms with Gasteiger partial charge in [-0.2, -0.15) is 0 Å². The molecule has 1 aromatic rings. The molecule has 2 aliphatic rings. The number of nitrogens with one attached hydrogen (secondary N) is 1. The zero-order valence-electron chi connectivity index (χ0n) is 15.4. The van der Waals surface area contributed by atoms with Crippen LogP contribution in [0, 0.1) is 5.92 Å². The van der Waals surface area contributed by atoms with Crippen molar-refractivity contribution in [3.05, 3.63) is 34.9 Å². The Morgan fingerprint density at radius 2 is 1.92 bits per heavy atom. The Labute approximate surface area is 151 Å². The molecule has 1 aliphatic heterocycles. The van der Waals surface area contributed by atoms with Crippen molar-refractivity contribution < 1.29 is 9.59 Å². The summed E-state index contributed by atoms with van der Waals surface area (Å²) in [4.78, 5) is 26.9. The quantitative estimate of drug-likeness (QED) is 0.809. The van der Waals surface area contributed by atoms with Crippen LogP contribution < -0.4 is 5.32 Å². The van der Waals surface area contributed by atoms with E-state index in [2.05, 4.69) is 17.4 Å². The van der Waals surface area contributed by atoms with E-state index in [1.54, 1.807) is 0 Å². The molecule has 1 atom stereocenters. The molecule has 3 rings (SSSR count). The molecule has 0 aromatic heterocycles. The maximum Gasteiger partial charge on any atom is 0.223 e. The summed E-state index contributed by atoms with van der Waals surface area (Å²) in [6.45, 7) is 2.62. The molecule has 0 radical (unpaired) electrons. The number of carbonyl (C=O) groups excluding carboxylic acids is 2. The molecular formula is C21H30N2O2. The van der Waals surface area contributed by atoms with Crippen molar-refractivity contribution in [3.8, 4) is 0 Å². The Hall–Kier alpha value is -1.68. The number of ketones is 1. The van der Waals surface area contributed by atoms with Gasteiger partial charge in [0.05, 0.1) is 0 Å². The Bertz CT molecular complexity index is 624. The number of amides is 1. The molecule has 1 heterocycles. The van der Waals surface area contributed by atoms with E-state index in [9.17, 15) is 9.59 Å². The Balaban J connectivity index is 1.52. The fourth-order valence-electron chi connectivity index (χ4n) is 4.18. The number of rotatable bonds is 6. The first-order valence-electron chi connectivity index (χ1n) is 9.74. The predicted molar refractivity (Wildman–Crippen MR) is 99.9 cm³/mol. The van der Waals surface area contributed by atoms with Gasteiger partial charge in [-0.15, -0.1) is 0 Å². The highest BCUT2D eigenvalue weighted by Crippen LogP contribution is 2.23. The second kappa shape index (κ2) is 8.61. The van der Waals surface area contributed by atoms with Gasteiger partial charge in [-0.1, -0.05) is 12.1 Å². The van der Waals surface area contributed by atoms with E-state index in [4.69, 9.17) is 0 Å². The molecule has 0 saturated carbocycles. The standard InChI is InChI=1S/C21H30N2O2/c1-22-14-16-5-4-12-23(15-16)21(25)11-10-20(24)19-9-8-17-6-2-3-7-18(17)13-19/h8-9,13,16,22H,2-7,10-12,14-15H2,1H3. The van der Waals surface area contributed by atoms with Gasteiger partial charge in [-0.25, -0.2) is 0 Å². The van der Waals surface area contributed by atoms with Gasteiger partial charge < -0.3 is 10.2 Å². The molecule has 1 saturated heterocycles. The number of piperidine rings is 1. The van der Waals surface area contributed by atoms with Crippen LogP contribution in [0.4, 0.5) is 0 Å². The van der Waals surface area contributed by atoms with Crippen molar-refractivity contribution in [2.24, 2.45) is 5.92 Å². The van der Waals surface area contributed by atoms with E-state index in [0.29, 0.717) is 18.8 Å². The van der Waals surface area contributed by atoms with Crippen molar-refractivity contribution in [1.29, 1.82) is 0 Å². The second-order valence-corrected chi connectivity index (χ2v) is 7.52. The lowest BCUT2D eigenvalue weighted by Crippen LogP contribution is -2.42. The van der Waals surface area contributed by atoms with Crippen molar-refractivity contribution >= 4 is 11.7 Å². The van der Waals surface area contributed by atoms with Crippen LogP contribution in [0.5, 0.6) is 0 Å². The van der Waals surface area contributed by atoms with Gasteiger partial charge in [0.2, 0.25) is 5.91 Å². The highest BCUT2D eigenvalue weighted by molar-refractivity contribution is 5.98. The number of fused-ring (bicyclic) bond motifs is 1. The van der Waals surface area contributed by atoms with Crippen LogP contribution in [0.2, 0.25) is 0 Å². The van der Waals surface area contributed by atoms with E-state index in [1.807, 2.05) is 18.0 Å². The van der Waals surface area contributed by atoms with E-state index < -0.39 is 0 Å². The first-order valence-corrected chi connectivity index (χ1v) is 9.74. The van der Waals surface area contributed by atoms with Crippen LogP contribution in [0.25, 0.3) is 0 Å². The molecule has 4 heteroatoms. The molecule has 25 heavy (non-hydrogen) atoms. The third-order valence-corrected chi connectivity index (χ3v) is 5.60. The normalized spacial score (nSPS) is 20.2. The molecule has 1 aromatic carbocycles. The van der Waals surface area contributed by atoms with E-state index in [1.165, 1.54) is 30.4 Å². The molecule has 0 bridgehead atoms. The van der Waals surface area contributed by atoms with Crippen LogP contribution in [0.15, 0.2) is 18.2 Å². The summed E-state index contributed by atoms with van der Waals surface area (Å²) in [5, 5.41) is 3.20. The van der Waals surface area contributed by atoms with Gasteiger partial charge >= 0.3 is 0 Å². The molecule has 4 nitrogen and oxygen atoms in total. The fraction of sp³-hybridized carbons (Fsp3) is 0.619. The fourth-order valence-corrected chi connectivity index (χ4v) is 4.18. The molecule has 1 N–H and O–H groups in total. The minimum Gasteiger partial charge on any atom is -0.342 e. The number of hydrogen-bond donors (Lipinski definition) is 1. The number of benzene rings is 1. The Kier molecular flexibility index (Phi) is 6.24.